The largest absolute Gasteiger partial charge is 0.497 e. The fraction of sp³-hybridized carbons (Fsp3) is 0.0455. The van der Waals surface area contributed by atoms with Gasteiger partial charge in [-0.25, -0.2) is 12.4 Å². The molecule has 0 radical (unpaired) electrons. The van der Waals surface area contributed by atoms with Crippen molar-refractivity contribution >= 4 is 32.4 Å². The highest BCUT2D eigenvalue weighted by Gasteiger charge is 2.27. The number of nitrogens with zero attached hydrogens (tertiary/aromatic N) is 1. The molecular formula is C22H18N2O4S. The number of nitrogen functional groups attached to an aromatic ring is 1. The van der Waals surface area contributed by atoms with E-state index < -0.39 is 15.8 Å². The number of aromatic nitrogens is 1. The number of para-hydroxylation sites is 1. The maximum Gasteiger partial charge on any atom is 0.268 e. The van der Waals surface area contributed by atoms with Crippen molar-refractivity contribution in [2.45, 2.75) is 4.90 Å². The molecule has 0 aliphatic carbocycles. The molecule has 0 aliphatic rings. The molecule has 6 nitrogen and oxygen atoms in total. The van der Waals surface area contributed by atoms with Crippen LogP contribution in [0.5, 0.6) is 5.75 Å². The Bertz CT molecular complexity index is 1330. The van der Waals surface area contributed by atoms with Gasteiger partial charge < -0.3 is 10.5 Å². The number of carbonyl (C=O) groups is 1. The maximum absolute atomic E-state index is 13.5. The predicted molar refractivity (Wildman–Crippen MR) is 112 cm³/mol. The SMILES string of the molecule is COc1ccc2c(c1)cc(C(=O)c1ccccc1N)n2S(=O)(=O)c1ccccc1. The van der Waals surface area contributed by atoms with Crippen LogP contribution in [0.1, 0.15) is 16.1 Å². The third-order valence-electron chi connectivity index (χ3n) is 4.68. The van der Waals surface area contributed by atoms with Gasteiger partial charge in [0, 0.05) is 16.6 Å². The van der Waals surface area contributed by atoms with E-state index in [0.717, 1.165) is 3.97 Å². The minimum Gasteiger partial charge on any atom is -0.497 e. The highest BCUT2D eigenvalue weighted by atomic mass is 32.2. The lowest BCUT2D eigenvalue weighted by Crippen LogP contribution is -2.19. The Kier molecular flexibility index (Phi) is 4.60. The van der Waals surface area contributed by atoms with Gasteiger partial charge in [-0.05, 0) is 48.5 Å². The Morgan fingerprint density at radius 2 is 1.62 bits per heavy atom. The first-order chi connectivity index (χ1) is 13.9. The molecule has 1 heterocycles. The van der Waals surface area contributed by atoms with Crippen LogP contribution in [0.4, 0.5) is 5.69 Å². The van der Waals surface area contributed by atoms with E-state index in [1.165, 1.54) is 19.2 Å². The number of ether oxygens (including phenoxy) is 1. The van der Waals surface area contributed by atoms with Crippen LogP contribution in [0, 0.1) is 0 Å². The van der Waals surface area contributed by atoms with E-state index in [0.29, 0.717) is 16.7 Å². The van der Waals surface area contributed by atoms with E-state index in [9.17, 15) is 13.2 Å². The highest BCUT2D eigenvalue weighted by molar-refractivity contribution is 7.90. The van der Waals surface area contributed by atoms with Crippen LogP contribution in [0.15, 0.2) is 83.8 Å². The van der Waals surface area contributed by atoms with Crippen LogP contribution >= 0.6 is 0 Å². The number of anilines is 1. The van der Waals surface area contributed by atoms with Gasteiger partial charge in [-0.3, -0.25) is 4.79 Å². The summed E-state index contributed by atoms with van der Waals surface area (Å²) in [6.45, 7) is 0. The molecule has 4 aromatic rings. The van der Waals surface area contributed by atoms with E-state index in [1.807, 2.05) is 0 Å². The number of rotatable bonds is 5. The third-order valence-corrected chi connectivity index (χ3v) is 6.43. The van der Waals surface area contributed by atoms with Gasteiger partial charge >= 0.3 is 0 Å². The van der Waals surface area contributed by atoms with Crippen LogP contribution in [0.25, 0.3) is 10.9 Å². The molecule has 146 valence electrons. The summed E-state index contributed by atoms with van der Waals surface area (Å²) in [4.78, 5) is 13.4. The van der Waals surface area contributed by atoms with Crippen LogP contribution < -0.4 is 10.5 Å². The van der Waals surface area contributed by atoms with Crippen molar-refractivity contribution in [1.29, 1.82) is 0 Å². The molecule has 0 bridgehead atoms. The molecule has 7 heteroatoms. The molecule has 0 amide bonds. The summed E-state index contributed by atoms with van der Waals surface area (Å²) >= 11 is 0. The average molecular weight is 406 g/mol. The molecule has 0 saturated heterocycles. The van der Waals surface area contributed by atoms with Gasteiger partial charge in [0.2, 0.25) is 5.78 Å². The quantitative estimate of drug-likeness (QED) is 0.403. The Morgan fingerprint density at radius 3 is 2.31 bits per heavy atom. The number of ketones is 1. The fourth-order valence-corrected chi connectivity index (χ4v) is 4.78. The Labute approximate surface area is 168 Å². The molecule has 0 spiro atoms. The first-order valence-electron chi connectivity index (χ1n) is 8.83. The van der Waals surface area contributed by atoms with Crippen molar-refractivity contribution in [1.82, 2.24) is 3.97 Å². The maximum atomic E-state index is 13.5. The van der Waals surface area contributed by atoms with Crippen LogP contribution in [-0.2, 0) is 10.0 Å². The Balaban J connectivity index is 2.03. The average Bonchev–Trinajstić information content (AvgIpc) is 3.13. The zero-order valence-corrected chi connectivity index (χ0v) is 16.4. The van der Waals surface area contributed by atoms with Crippen molar-refractivity contribution in [3.8, 4) is 5.75 Å². The monoisotopic (exact) mass is 406 g/mol. The van der Waals surface area contributed by atoms with Crippen molar-refractivity contribution < 1.29 is 17.9 Å². The molecule has 3 aromatic carbocycles. The first kappa shape index (κ1) is 18.8. The number of hydrogen-bond acceptors (Lipinski definition) is 5. The van der Waals surface area contributed by atoms with Crippen LogP contribution in [0.2, 0.25) is 0 Å². The molecule has 2 N–H and O–H groups in total. The molecule has 0 saturated carbocycles. The lowest BCUT2D eigenvalue weighted by molar-refractivity contribution is 0.103. The van der Waals surface area contributed by atoms with Gasteiger partial charge in [0.1, 0.15) is 11.4 Å². The van der Waals surface area contributed by atoms with Crippen molar-refractivity contribution in [3.05, 3.63) is 90.1 Å². The van der Waals surface area contributed by atoms with Crippen molar-refractivity contribution in [3.63, 3.8) is 0 Å². The summed E-state index contributed by atoms with van der Waals surface area (Å²) in [6, 6.07) is 21.1. The number of benzene rings is 3. The van der Waals surface area contributed by atoms with Crippen molar-refractivity contribution in [2.75, 3.05) is 12.8 Å². The Hall–Kier alpha value is -3.58. The molecule has 0 atom stereocenters. The number of carbonyl (C=O) groups excluding carboxylic acids is 1. The molecule has 29 heavy (non-hydrogen) atoms. The smallest absolute Gasteiger partial charge is 0.268 e. The normalized spacial score (nSPS) is 11.5. The second-order valence-electron chi connectivity index (χ2n) is 6.45. The third kappa shape index (κ3) is 3.15. The molecule has 1 aromatic heterocycles. The van der Waals surface area contributed by atoms with Gasteiger partial charge in [0.25, 0.3) is 10.0 Å². The Morgan fingerprint density at radius 1 is 0.931 bits per heavy atom. The van der Waals surface area contributed by atoms with Gasteiger partial charge in [-0.15, -0.1) is 0 Å². The molecular weight excluding hydrogens is 388 g/mol. The summed E-state index contributed by atoms with van der Waals surface area (Å²) < 4.78 is 33.2. The number of hydrogen-bond donors (Lipinski definition) is 1. The summed E-state index contributed by atoms with van der Waals surface area (Å²) in [5.41, 5.74) is 6.88. The summed E-state index contributed by atoms with van der Waals surface area (Å²) in [6.07, 6.45) is 0. The van der Waals surface area contributed by atoms with E-state index >= 15 is 0 Å². The molecule has 0 aliphatic heterocycles. The van der Waals surface area contributed by atoms with Crippen LogP contribution in [0.3, 0.4) is 0 Å². The minimum absolute atomic E-state index is 0.00926. The lowest BCUT2D eigenvalue weighted by atomic mass is 10.1. The number of nitrogens with two attached hydrogens (primary N) is 1. The van der Waals surface area contributed by atoms with E-state index in [1.54, 1.807) is 66.7 Å². The van der Waals surface area contributed by atoms with Gasteiger partial charge in [-0.2, -0.15) is 0 Å². The van der Waals surface area contributed by atoms with Gasteiger partial charge in [0.05, 0.1) is 17.5 Å². The molecule has 4 rings (SSSR count). The minimum atomic E-state index is -4.02. The second kappa shape index (κ2) is 7.10. The lowest BCUT2D eigenvalue weighted by Gasteiger charge is -2.12. The molecule has 0 fully saturated rings. The number of fused-ring (bicyclic) bond motifs is 1. The second-order valence-corrected chi connectivity index (χ2v) is 8.24. The fourth-order valence-electron chi connectivity index (χ4n) is 3.25. The van der Waals surface area contributed by atoms with E-state index in [4.69, 9.17) is 10.5 Å². The molecule has 0 unspecified atom stereocenters. The zero-order chi connectivity index (χ0) is 20.6. The first-order valence-corrected chi connectivity index (χ1v) is 10.3. The zero-order valence-electron chi connectivity index (χ0n) is 15.6. The predicted octanol–water partition coefficient (Wildman–Crippen LogP) is 3.70. The van der Waals surface area contributed by atoms with Crippen LogP contribution in [-0.4, -0.2) is 25.3 Å². The van der Waals surface area contributed by atoms with Gasteiger partial charge in [0.15, 0.2) is 0 Å². The summed E-state index contributed by atoms with van der Waals surface area (Å²) in [5.74, 6) is 0.0859. The standard InChI is InChI=1S/C22H18N2O4S/c1-28-16-11-12-20-15(13-16)14-21(22(25)18-9-5-6-10-19(18)23)24(20)29(26,27)17-7-3-2-4-8-17/h2-14H,23H2,1H3. The highest BCUT2D eigenvalue weighted by Crippen LogP contribution is 2.30. The van der Waals surface area contributed by atoms with Crippen molar-refractivity contribution in [2.24, 2.45) is 0 Å². The number of methoxy groups -OCH3 is 1. The van der Waals surface area contributed by atoms with Gasteiger partial charge in [-0.1, -0.05) is 30.3 Å². The summed E-state index contributed by atoms with van der Waals surface area (Å²) in [7, 11) is -2.50. The summed E-state index contributed by atoms with van der Waals surface area (Å²) in [5, 5.41) is 0.571. The van der Waals surface area contributed by atoms with E-state index in [2.05, 4.69) is 0 Å². The topological polar surface area (TPSA) is 91.4 Å². The van der Waals surface area contributed by atoms with E-state index in [-0.39, 0.29) is 21.8 Å².